The maximum atomic E-state index is 11.9. The molecule has 1 aliphatic heterocycles. The zero-order valence-electron chi connectivity index (χ0n) is 15.2. The Bertz CT molecular complexity index is 683. The predicted octanol–water partition coefficient (Wildman–Crippen LogP) is 2.31. The van der Waals surface area contributed by atoms with Gasteiger partial charge >= 0.3 is 0 Å². The van der Waals surface area contributed by atoms with Crippen molar-refractivity contribution in [2.45, 2.75) is 19.3 Å². The van der Waals surface area contributed by atoms with Gasteiger partial charge in [-0.15, -0.1) is 0 Å². The molecule has 0 unspecified atom stereocenters. The highest BCUT2D eigenvalue weighted by molar-refractivity contribution is 5.91. The first kappa shape index (κ1) is 18.3. The molecule has 6 heteroatoms. The van der Waals surface area contributed by atoms with Gasteiger partial charge in [-0.2, -0.15) is 0 Å². The van der Waals surface area contributed by atoms with Crippen LogP contribution in [-0.4, -0.2) is 49.2 Å². The topological polar surface area (TPSA) is 67.3 Å². The van der Waals surface area contributed by atoms with Gasteiger partial charge < -0.3 is 15.0 Å². The van der Waals surface area contributed by atoms with Crippen LogP contribution < -0.4 is 10.2 Å². The SMILES string of the molecule is COCCNC(=O)c1cnc(N2CCC(Cc3ccccc3)CC2)cn1. The van der Waals surface area contributed by atoms with Crippen molar-refractivity contribution in [2.24, 2.45) is 5.92 Å². The van der Waals surface area contributed by atoms with Crippen LogP contribution in [-0.2, 0) is 11.2 Å². The number of anilines is 1. The van der Waals surface area contributed by atoms with Crippen LogP contribution in [0.1, 0.15) is 28.9 Å². The second-order valence-corrected chi connectivity index (χ2v) is 6.63. The lowest BCUT2D eigenvalue weighted by Gasteiger charge is -2.32. The van der Waals surface area contributed by atoms with Gasteiger partial charge in [-0.05, 0) is 30.7 Å². The van der Waals surface area contributed by atoms with Crippen molar-refractivity contribution in [2.75, 3.05) is 38.3 Å². The van der Waals surface area contributed by atoms with E-state index in [9.17, 15) is 4.79 Å². The fourth-order valence-electron chi connectivity index (χ4n) is 3.27. The first-order valence-electron chi connectivity index (χ1n) is 9.14. The minimum atomic E-state index is -0.220. The van der Waals surface area contributed by atoms with Crippen molar-refractivity contribution >= 4 is 11.7 Å². The zero-order chi connectivity index (χ0) is 18.2. The highest BCUT2D eigenvalue weighted by atomic mass is 16.5. The van der Waals surface area contributed by atoms with E-state index >= 15 is 0 Å². The maximum absolute atomic E-state index is 11.9. The molecule has 1 aliphatic rings. The van der Waals surface area contributed by atoms with Gasteiger partial charge in [0.1, 0.15) is 11.5 Å². The number of methoxy groups -OCH3 is 1. The number of hydrogen-bond acceptors (Lipinski definition) is 5. The summed E-state index contributed by atoms with van der Waals surface area (Å²) in [6, 6.07) is 10.7. The molecule has 0 atom stereocenters. The van der Waals surface area contributed by atoms with Crippen molar-refractivity contribution in [3.8, 4) is 0 Å². The number of rotatable bonds is 7. The van der Waals surface area contributed by atoms with Gasteiger partial charge in [0.05, 0.1) is 19.0 Å². The Morgan fingerprint density at radius 3 is 2.62 bits per heavy atom. The Labute approximate surface area is 154 Å². The molecule has 1 fully saturated rings. The largest absolute Gasteiger partial charge is 0.383 e. The molecule has 3 rings (SSSR count). The second kappa shape index (κ2) is 9.29. The first-order chi connectivity index (χ1) is 12.8. The standard InChI is InChI=1S/C20H26N4O2/c1-26-12-9-21-20(25)18-14-23-19(15-22-18)24-10-7-17(8-11-24)13-16-5-3-2-4-6-16/h2-6,14-15,17H,7-13H2,1H3,(H,21,25). The Hall–Kier alpha value is -2.47. The molecule has 0 aliphatic carbocycles. The summed E-state index contributed by atoms with van der Waals surface area (Å²) in [5, 5.41) is 2.75. The van der Waals surface area contributed by atoms with Gasteiger partial charge in [-0.3, -0.25) is 4.79 Å². The van der Waals surface area contributed by atoms with Crippen molar-refractivity contribution in [3.05, 3.63) is 54.0 Å². The number of nitrogens with zero attached hydrogens (tertiary/aromatic N) is 3. The number of nitrogens with one attached hydrogen (secondary N) is 1. The molecule has 138 valence electrons. The highest BCUT2D eigenvalue weighted by Crippen LogP contribution is 2.24. The van der Waals surface area contributed by atoms with E-state index in [1.54, 1.807) is 19.5 Å². The minimum absolute atomic E-state index is 0.220. The van der Waals surface area contributed by atoms with Crippen molar-refractivity contribution in [1.29, 1.82) is 0 Å². The number of piperidine rings is 1. The molecule has 0 bridgehead atoms. The quantitative estimate of drug-likeness (QED) is 0.773. The summed E-state index contributed by atoms with van der Waals surface area (Å²) in [5.74, 6) is 1.34. The number of aromatic nitrogens is 2. The van der Waals surface area contributed by atoms with Crippen LogP contribution in [0.15, 0.2) is 42.7 Å². The van der Waals surface area contributed by atoms with Crippen LogP contribution in [0.25, 0.3) is 0 Å². The van der Waals surface area contributed by atoms with Crippen molar-refractivity contribution in [3.63, 3.8) is 0 Å². The average molecular weight is 354 g/mol. The number of carbonyl (C=O) groups excluding carboxylic acids is 1. The van der Waals surface area contributed by atoms with E-state index < -0.39 is 0 Å². The summed E-state index contributed by atoms with van der Waals surface area (Å²) in [6.45, 7) is 2.90. The smallest absolute Gasteiger partial charge is 0.271 e. The molecular formula is C20H26N4O2. The lowest BCUT2D eigenvalue weighted by molar-refractivity contribution is 0.0931. The van der Waals surface area contributed by atoms with Crippen LogP contribution in [0.3, 0.4) is 0 Å². The van der Waals surface area contributed by atoms with E-state index in [-0.39, 0.29) is 5.91 Å². The molecule has 26 heavy (non-hydrogen) atoms. The lowest BCUT2D eigenvalue weighted by Crippen LogP contribution is -2.35. The Kier molecular flexibility index (Phi) is 6.55. The van der Waals surface area contributed by atoms with Crippen LogP contribution in [0.4, 0.5) is 5.82 Å². The van der Waals surface area contributed by atoms with Crippen LogP contribution in [0.2, 0.25) is 0 Å². The molecule has 6 nitrogen and oxygen atoms in total. The fourth-order valence-corrected chi connectivity index (χ4v) is 3.27. The van der Waals surface area contributed by atoms with E-state index in [4.69, 9.17) is 4.74 Å². The minimum Gasteiger partial charge on any atom is -0.383 e. The number of carbonyl (C=O) groups is 1. The van der Waals surface area contributed by atoms with Crippen LogP contribution >= 0.6 is 0 Å². The number of amides is 1. The second-order valence-electron chi connectivity index (χ2n) is 6.63. The van der Waals surface area contributed by atoms with E-state index in [1.807, 2.05) is 0 Å². The zero-order valence-corrected chi connectivity index (χ0v) is 15.2. The Morgan fingerprint density at radius 2 is 1.96 bits per heavy atom. The molecular weight excluding hydrogens is 328 g/mol. The molecule has 2 aromatic rings. The number of benzene rings is 1. The summed E-state index contributed by atoms with van der Waals surface area (Å²) < 4.78 is 4.92. The summed E-state index contributed by atoms with van der Waals surface area (Å²) in [6.07, 6.45) is 6.68. The van der Waals surface area contributed by atoms with E-state index in [0.29, 0.717) is 24.8 Å². The third-order valence-corrected chi connectivity index (χ3v) is 4.77. The van der Waals surface area contributed by atoms with Crippen molar-refractivity contribution in [1.82, 2.24) is 15.3 Å². The monoisotopic (exact) mass is 354 g/mol. The lowest BCUT2D eigenvalue weighted by atomic mass is 9.90. The number of ether oxygens (including phenoxy) is 1. The van der Waals surface area contributed by atoms with Crippen LogP contribution in [0.5, 0.6) is 0 Å². The molecule has 1 amide bonds. The van der Waals surface area contributed by atoms with Gasteiger partial charge in [0.25, 0.3) is 5.91 Å². The molecule has 2 heterocycles. The normalized spacial score (nSPS) is 15.0. The molecule has 0 saturated carbocycles. The summed E-state index contributed by atoms with van der Waals surface area (Å²) in [5.41, 5.74) is 1.75. The summed E-state index contributed by atoms with van der Waals surface area (Å²) in [4.78, 5) is 22.9. The van der Waals surface area contributed by atoms with Gasteiger partial charge in [0.2, 0.25) is 0 Å². The first-order valence-corrected chi connectivity index (χ1v) is 9.14. The van der Waals surface area contributed by atoms with Gasteiger partial charge in [-0.25, -0.2) is 9.97 Å². The van der Waals surface area contributed by atoms with E-state index in [0.717, 1.165) is 38.2 Å². The molecule has 1 N–H and O–H groups in total. The van der Waals surface area contributed by atoms with E-state index in [2.05, 4.69) is 50.5 Å². The summed E-state index contributed by atoms with van der Waals surface area (Å²) >= 11 is 0. The third kappa shape index (κ3) is 5.02. The number of hydrogen-bond donors (Lipinski definition) is 1. The molecule has 0 radical (unpaired) electrons. The molecule has 0 spiro atoms. The van der Waals surface area contributed by atoms with Crippen molar-refractivity contribution < 1.29 is 9.53 Å². The Balaban J connectivity index is 1.49. The molecule has 1 aromatic carbocycles. The van der Waals surface area contributed by atoms with Gasteiger partial charge in [-0.1, -0.05) is 30.3 Å². The Morgan fingerprint density at radius 1 is 1.19 bits per heavy atom. The fraction of sp³-hybridized carbons (Fsp3) is 0.450. The van der Waals surface area contributed by atoms with Crippen LogP contribution in [0, 0.1) is 5.92 Å². The van der Waals surface area contributed by atoms with Gasteiger partial charge in [0.15, 0.2) is 0 Å². The average Bonchev–Trinajstić information content (AvgIpc) is 2.70. The maximum Gasteiger partial charge on any atom is 0.271 e. The summed E-state index contributed by atoms with van der Waals surface area (Å²) in [7, 11) is 1.60. The van der Waals surface area contributed by atoms with E-state index in [1.165, 1.54) is 5.56 Å². The molecule has 1 aromatic heterocycles. The predicted molar refractivity (Wildman–Crippen MR) is 101 cm³/mol. The third-order valence-electron chi connectivity index (χ3n) is 4.77. The van der Waals surface area contributed by atoms with Gasteiger partial charge in [0, 0.05) is 26.7 Å². The highest BCUT2D eigenvalue weighted by Gasteiger charge is 2.21. The molecule has 1 saturated heterocycles.